The fraction of sp³-hybridized carbons (Fsp3) is 0. The molecule has 0 aliphatic heterocycles. The van der Waals surface area contributed by atoms with Gasteiger partial charge in [0.15, 0.2) is 0 Å². The number of nitrogens with zero attached hydrogens (tertiary/aromatic N) is 2. The van der Waals surface area contributed by atoms with E-state index in [1.807, 2.05) is 18.2 Å². The standard InChI is InChI=1S/C46H30N2/c1-4-12-34(13-5-1)47(35-14-6-2-7-15-35)37-25-22-31(23-26-37)38-27-24-32-20-21-33-30-42-39-18-10-11-19-43(39)48(36-16-8-3-9-17-36)46(42)41-29-28-40(38)44(32)45(33)41/h1-30H/i1D,2D,4D,5D,6D,7D,12D,13D,14D,15D. The summed E-state index contributed by atoms with van der Waals surface area (Å²) in [5, 5.41) is 8.97. The van der Waals surface area contributed by atoms with Crippen molar-refractivity contribution in [3.63, 3.8) is 0 Å². The summed E-state index contributed by atoms with van der Waals surface area (Å²) < 4.78 is 87.4. The zero-order valence-corrected chi connectivity index (χ0v) is 25.4. The first-order valence-corrected chi connectivity index (χ1v) is 15.7. The van der Waals surface area contributed by atoms with E-state index in [0.29, 0.717) is 0 Å². The van der Waals surface area contributed by atoms with E-state index in [0.717, 1.165) is 60.2 Å². The van der Waals surface area contributed by atoms with Gasteiger partial charge in [-0.15, -0.1) is 0 Å². The van der Waals surface area contributed by atoms with E-state index in [-0.39, 0.29) is 17.1 Å². The van der Waals surface area contributed by atoms with Crippen molar-refractivity contribution < 1.29 is 13.7 Å². The topological polar surface area (TPSA) is 8.17 Å². The van der Waals surface area contributed by atoms with Crippen LogP contribution in [-0.2, 0) is 0 Å². The monoisotopic (exact) mass is 620 g/mol. The molecule has 9 aromatic carbocycles. The van der Waals surface area contributed by atoms with Gasteiger partial charge in [-0.05, 0) is 98.6 Å². The fourth-order valence-corrected chi connectivity index (χ4v) is 7.29. The molecular formula is C46H30N2. The van der Waals surface area contributed by atoms with E-state index < -0.39 is 60.4 Å². The number of fused-ring (bicyclic) bond motifs is 4. The number of hydrogen-bond donors (Lipinski definition) is 0. The summed E-state index contributed by atoms with van der Waals surface area (Å²) in [6.07, 6.45) is 0. The molecule has 0 atom stereocenters. The Balaban J connectivity index is 1.19. The summed E-state index contributed by atoms with van der Waals surface area (Å²) in [6.45, 7) is 0. The molecule has 2 heteroatoms. The van der Waals surface area contributed by atoms with Crippen molar-refractivity contribution in [3.8, 4) is 16.8 Å². The average Bonchev–Trinajstić information content (AvgIpc) is 3.59. The molecule has 10 aromatic rings. The van der Waals surface area contributed by atoms with Gasteiger partial charge in [0.25, 0.3) is 0 Å². The van der Waals surface area contributed by atoms with Crippen molar-refractivity contribution in [2.75, 3.05) is 4.90 Å². The highest BCUT2D eigenvalue weighted by Gasteiger charge is 2.20. The Morgan fingerprint density at radius 1 is 0.458 bits per heavy atom. The molecule has 0 aliphatic carbocycles. The third-order valence-electron chi connectivity index (χ3n) is 9.29. The molecule has 0 saturated carbocycles. The van der Waals surface area contributed by atoms with Gasteiger partial charge in [0.1, 0.15) is 0 Å². The second-order valence-electron chi connectivity index (χ2n) is 11.8. The third-order valence-corrected chi connectivity index (χ3v) is 9.29. The molecular weight excluding hydrogens is 581 g/mol. The SMILES string of the molecule is [2H]c1c([2H])c([2H])c(N(c2ccc(-c3ccc4ccc5cc6c7ccccc7n(-c7ccccc7)c6c6ccc3c4c56)cc2)c2c([2H])c([2H])c([2H])c([2H])c2[2H])c([2H])c1[2H]. The number of para-hydroxylation sites is 4. The van der Waals surface area contributed by atoms with Gasteiger partial charge in [0.2, 0.25) is 0 Å². The highest BCUT2D eigenvalue weighted by atomic mass is 15.1. The summed E-state index contributed by atoms with van der Waals surface area (Å²) in [6, 6.07) is 35.1. The highest BCUT2D eigenvalue weighted by Crippen LogP contribution is 2.45. The van der Waals surface area contributed by atoms with Crippen LogP contribution in [0.4, 0.5) is 17.1 Å². The Morgan fingerprint density at radius 3 is 1.83 bits per heavy atom. The minimum Gasteiger partial charge on any atom is -0.311 e. The first-order chi connectivity index (χ1) is 28.0. The quantitative estimate of drug-likeness (QED) is 0.174. The molecule has 0 amide bonds. The molecule has 1 aromatic heterocycles. The number of anilines is 3. The third kappa shape index (κ3) is 4.00. The Labute approximate surface area is 292 Å². The molecule has 0 unspecified atom stereocenters. The Bertz CT molecular complexity index is 3210. The summed E-state index contributed by atoms with van der Waals surface area (Å²) in [4.78, 5) is 1.17. The van der Waals surface area contributed by atoms with Gasteiger partial charge in [-0.2, -0.15) is 0 Å². The van der Waals surface area contributed by atoms with Crippen molar-refractivity contribution in [2.24, 2.45) is 0 Å². The van der Waals surface area contributed by atoms with Gasteiger partial charge in [-0.25, -0.2) is 0 Å². The first-order valence-electron chi connectivity index (χ1n) is 20.7. The van der Waals surface area contributed by atoms with Crippen molar-refractivity contribution >= 4 is 71.2 Å². The minimum absolute atomic E-state index is 0.245. The van der Waals surface area contributed by atoms with Gasteiger partial charge in [0, 0.05) is 38.9 Å². The van der Waals surface area contributed by atoms with Crippen LogP contribution in [-0.4, -0.2) is 4.57 Å². The zero-order valence-electron chi connectivity index (χ0n) is 35.4. The maximum atomic E-state index is 8.80. The van der Waals surface area contributed by atoms with E-state index in [1.54, 1.807) is 12.1 Å². The van der Waals surface area contributed by atoms with Crippen molar-refractivity contribution in [1.82, 2.24) is 4.57 Å². The summed E-state index contributed by atoms with van der Waals surface area (Å²) in [7, 11) is 0. The summed E-state index contributed by atoms with van der Waals surface area (Å²) >= 11 is 0. The molecule has 0 radical (unpaired) electrons. The molecule has 0 bridgehead atoms. The molecule has 0 fully saturated rings. The fourth-order valence-electron chi connectivity index (χ4n) is 7.29. The predicted molar refractivity (Wildman–Crippen MR) is 205 cm³/mol. The van der Waals surface area contributed by atoms with E-state index in [2.05, 4.69) is 95.6 Å². The smallest absolute Gasteiger partial charge is 0.0645 e. The summed E-state index contributed by atoms with van der Waals surface area (Å²) in [5.41, 5.74) is 4.67. The normalized spacial score (nSPS) is 14.7. The summed E-state index contributed by atoms with van der Waals surface area (Å²) in [5.74, 6) is 0. The minimum atomic E-state index is -0.611. The Kier molecular flexibility index (Phi) is 4.12. The van der Waals surface area contributed by atoms with Crippen LogP contribution in [0.1, 0.15) is 13.7 Å². The molecule has 0 saturated heterocycles. The van der Waals surface area contributed by atoms with Gasteiger partial charge < -0.3 is 9.47 Å². The number of aromatic nitrogens is 1. The Hall–Kier alpha value is -6.38. The van der Waals surface area contributed by atoms with Crippen LogP contribution in [0.5, 0.6) is 0 Å². The van der Waals surface area contributed by atoms with Crippen molar-refractivity contribution in [2.45, 2.75) is 0 Å². The molecule has 2 nitrogen and oxygen atoms in total. The molecule has 1 heterocycles. The molecule has 0 spiro atoms. The van der Waals surface area contributed by atoms with Crippen molar-refractivity contribution in [3.05, 3.63) is 182 Å². The largest absolute Gasteiger partial charge is 0.311 e. The lowest BCUT2D eigenvalue weighted by Gasteiger charge is -2.25. The van der Waals surface area contributed by atoms with Crippen LogP contribution in [0.25, 0.3) is 70.9 Å². The van der Waals surface area contributed by atoms with Crippen molar-refractivity contribution in [1.29, 1.82) is 0 Å². The van der Waals surface area contributed by atoms with Crippen LogP contribution in [0, 0.1) is 0 Å². The molecule has 0 aliphatic rings. The van der Waals surface area contributed by atoms with Gasteiger partial charge in [0.05, 0.1) is 24.7 Å². The van der Waals surface area contributed by atoms with Crippen LogP contribution in [0.3, 0.4) is 0 Å². The molecule has 0 N–H and O–H groups in total. The van der Waals surface area contributed by atoms with Crippen LogP contribution < -0.4 is 4.90 Å². The van der Waals surface area contributed by atoms with E-state index >= 15 is 0 Å². The number of rotatable bonds is 5. The highest BCUT2D eigenvalue weighted by molar-refractivity contribution is 6.32. The van der Waals surface area contributed by atoms with E-state index in [1.165, 1.54) is 15.7 Å². The number of benzene rings is 9. The number of hydrogen-bond acceptors (Lipinski definition) is 1. The Morgan fingerprint density at radius 2 is 1.08 bits per heavy atom. The average molecular weight is 621 g/mol. The van der Waals surface area contributed by atoms with E-state index in [9.17, 15) is 0 Å². The molecule has 48 heavy (non-hydrogen) atoms. The van der Waals surface area contributed by atoms with Gasteiger partial charge in [-0.3, -0.25) is 0 Å². The van der Waals surface area contributed by atoms with Crippen LogP contribution in [0.15, 0.2) is 182 Å². The van der Waals surface area contributed by atoms with Gasteiger partial charge >= 0.3 is 0 Å². The lowest BCUT2D eigenvalue weighted by Crippen LogP contribution is -2.09. The second kappa shape index (κ2) is 10.6. The maximum absolute atomic E-state index is 8.80. The second-order valence-corrected chi connectivity index (χ2v) is 11.8. The van der Waals surface area contributed by atoms with Crippen LogP contribution >= 0.6 is 0 Å². The van der Waals surface area contributed by atoms with Crippen LogP contribution in [0.2, 0.25) is 0 Å². The zero-order chi connectivity index (χ0) is 40.3. The maximum Gasteiger partial charge on any atom is 0.0645 e. The molecule has 224 valence electrons. The first kappa shape index (κ1) is 18.7. The lowest BCUT2D eigenvalue weighted by atomic mass is 9.89. The lowest BCUT2D eigenvalue weighted by molar-refractivity contribution is 1.19. The molecule has 10 rings (SSSR count). The van der Waals surface area contributed by atoms with Gasteiger partial charge in [-0.1, -0.05) is 121 Å². The predicted octanol–water partition coefficient (Wildman–Crippen LogP) is 12.8. The van der Waals surface area contributed by atoms with E-state index in [4.69, 9.17) is 13.7 Å².